The van der Waals surface area contributed by atoms with E-state index in [0.29, 0.717) is 6.61 Å². The minimum atomic E-state index is 0. The van der Waals surface area contributed by atoms with Gasteiger partial charge in [0.25, 0.3) is 0 Å². The van der Waals surface area contributed by atoms with Crippen LogP contribution in [0.25, 0.3) is 0 Å². The van der Waals surface area contributed by atoms with Crippen molar-refractivity contribution in [3.8, 4) is 5.75 Å². The Morgan fingerprint density at radius 1 is 0.760 bits per heavy atom. The van der Waals surface area contributed by atoms with Gasteiger partial charge in [-0.2, -0.15) is 0 Å². The van der Waals surface area contributed by atoms with Crippen LogP contribution < -0.4 is 22.5 Å². The highest BCUT2D eigenvalue weighted by atomic mass is 35.5. The number of nitrogens with zero attached hydrogens (tertiary/aromatic N) is 1. The number of hydrogen-bond acceptors (Lipinski definition) is 3. The molecule has 0 amide bonds. The molecule has 0 unspecified atom stereocenters. The first kappa shape index (κ1) is 19.3. The molecule has 3 nitrogen and oxygen atoms in total. The van der Waals surface area contributed by atoms with Crippen molar-refractivity contribution in [2.75, 3.05) is 0 Å². The van der Waals surface area contributed by atoms with Crippen LogP contribution in [0.1, 0.15) is 16.7 Å². The molecule has 0 spiro atoms. The summed E-state index contributed by atoms with van der Waals surface area (Å²) in [7, 11) is 0. The lowest BCUT2D eigenvalue weighted by Crippen LogP contribution is -3.00. The molecule has 0 fully saturated rings. The molecule has 3 aromatic rings. The van der Waals surface area contributed by atoms with E-state index in [1.165, 1.54) is 11.1 Å². The Morgan fingerprint density at radius 3 is 1.96 bits per heavy atom. The van der Waals surface area contributed by atoms with Gasteiger partial charge in [-0.3, -0.25) is 4.98 Å². The SMILES string of the molecule is Clc1ccc(COc2ccc(CNCc3ccncc3)cc2)cc1.[Cl-]. The topological polar surface area (TPSA) is 34.1 Å². The van der Waals surface area contributed by atoms with Crippen LogP contribution in [0, 0.1) is 0 Å². The van der Waals surface area contributed by atoms with Gasteiger partial charge in [-0.05, 0) is 53.1 Å². The van der Waals surface area contributed by atoms with Crippen LogP contribution in [0.3, 0.4) is 0 Å². The Bertz CT molecular complexity index is 747. The Hall–Kier alpha value is -2.07. The molecular formula is C20H19Cl2N2O-. The van der Waals surface area contributed by atoms with Gasteiger partial charge in [0, 0.05) is 30.5 Å². The number of benzene rings is 2. The van der Waals surface area contributed by atoms with E-state index in [1.807, 2.05) is 60.9 Å². The second-order valence-electron chi connectivity index (χ2n) is 5.52. The summed E-state index contributed by atoms with van der Waals surface area (Å²) in [4.78, 5) is 4.02. The zero-order chi connectivity index (χ0) is 16.6. The standard InChI is InChI=1S/C20H19ClN2O.ClH/c21-19-5-1-18(2-6-19)15-24-20-7-3-16(4-8-20)13-23-14-17-9-11-22-12-10-17;/h1-12,23H,13-15H2;1H/p-1. The lowest BCUT2D eigenvalue weighted by atomic mass is 10.2. The van der Waals surface area contributed by atoms with Gasteiger partial charge in [-0.25, -0.2) is 0 Å². The van der Waals surface area contributed by atoms with Gasteiger partial charge in [-0.1, -0.05) is 35.9 Å². The number of pyridine rings is 1. The molecule has 0 saturated carbocycles. The van der Waals surface area contributed by atoms with Crippen molar-refractivity contribution in [1.82, 2.24) is 10.3 Å². The molecule has 1 aromatic heterocycles. The van der Waals surface area contributed by atoms with Gasteiger partial charge in [-0.15, -0.1) is 0 Å². The predicted octanol–water partition coefficient (Wildman–Crippen LogP) is 1.61. The van der Waals surface area contributed by atoms with Gasteiger partial charge in [0.05, 0.1) is 0 Å². The van der Waals surface area contributed by atoms with Crippen molar-refractivity contribution in [3.05, 3.63) is 94.8 Å². The summed E-state index contributed by atoms with van der Waals surface area (Å²) in [6.45, 7) is 2.19. The highest BCUT2D eigenvalue weighted by molar-refractivity contribution is 6.30. The number of halogens is 2. The molecule has 0 aliphatic carbocycles. The molecule has 25 heavy (non-hydrogen) atoms. The monoisotopic (exact) mass is 373 g/mol. The third kappa shape index (κ3) is 6.39. The van der Waals surface area contributed by atoms with E-state index < -0.39 is 0 Å². The molecule has 0 radical (unpaired) electrons. The van der Waals surface area contributed by atoms with Crippen LogP contribution in [0.2, 0.25) is 5.02 Å². The van der Waals surface area contributed by atoms with E-state index in [0.717, 1.165) is 29.4 Å². The van der Waals surface area contributed by atoms with Crippen molar-refractivity contribution < 1.29 is 17.1 Å². The summed E-state index contributed by atoms with van der Waals surface area (Å²) in [6.07, 6.45) is 3.62. The van der Waals surface area contributed by atoms with Crippen LogP contribution in [-0.4, -0.2) is 4.98 Å². The normalized spacial score (nSPS) is 10.1. The van der Waals surface area contributed by atoms with Crippen molar-refractivity contribution in [2.45, 2.75) is 19.7 Å². The number of rotatable bonds is 7. The first-order valence-corrected chi connectivity index (χ1v) is 8.23. The van der Waals surface area contributed by atoms with E-state index in [2.05, 4.69) is 22.4 Å². The number of ether oxygens (including phenoxy) is 1. The number of nitrogens with one attached hydrogen (secondary N) is 1. The highest BCUT2D eigenvalue weighted by Gasteiger charge is 1.98. The maximum Gasteiger partial charge on any atom is 0.119 e. The van der Waals surface area contributed by atoms with Crippen molar-refractivity contribution in [1.29, 1.82) is 0 Å². The second kappa shape index (κ2) is 10.0. The van der Waals surface area contributed by atoms with Crippen molar-refractivity contribution >= 4 is 11.6 Å². The molecule has 1 heterocycles. The van der Waals surface area contributed by atoms with E-state index >= 15 is 0 Å². The van der Waals surface area contributed by atoms with Gasteiger partial charge in [0.2, 0.25) is 0 Å². The minimum absolute atomic E-state index is 0. The summed E-state index contributed by atoms with van der Waals surface area (Å²) in [6, 6.07) is 19.9. The van der Waals surface area contributed by atoms with Crippen LogP contribution in [0.15, 0.2) is 73.1 Å². The van der Waals surface area contributed by atoms with Crippen LogP contribution in [0.4, 0.5) is 0 Å². The summed E-state index contributed by atoms with van der Waals surface area (Å²) in [5, 5.41) is 4.16. The molecule has 3 rings (SSSR count). The molecule has 0 aliphatic rings. The maximum atomic E-state index is 5.88. The maximum absolute atomic E-state index is 5.88. The molecule has 0 saturated heterocycles. The van der Waals surface area contributed by atoms with E-state index in [4.69, 9.17) is 16.3 Å². The Labute approximate surface area is 159 Å². The molecule has 130 valence electrons. The molecule has 1 N–H and O–H groups in total. The van der Waals surface area contributed by atoms with E-state index in [9.17, 15) is 0 Å². The number of aromatic nitrogens is 1. The fourth-order valence-electron chi connectivity index (χ4n) is 2.30. The van der Waals surface area contributed by atoms with Gasteiger partial charge in [0.15, 0.2) is 0 Å². The third-order valence-corrected chi connectivity index (χ3v) is 3.90. The molecule has 2 aromatic carbocycles. The molecule has 0 bridgehead atoms. The zero-order valence-corrected chi connectivity index (χ0v) is 15.2. The van der Waals surface area contributed by atoms with Gasteiger partial charge < -0.3 is 22.5 Å². The van der Waals surface area contributed by atoms with E-state index in [-0.39, 0.29) is 12.4 Å². The predicted molar refractivity (Wildman–Crippen MR) is 97.0 cm³/mol. The second-order valence-corrected chi connectivity index (χ2v) is 5.95. The summed E-state index contributed by atoms with van der Waals surface area (Å²) in [5.74, 6) is 0.864. The highest BCUT2D eigenvalue weighted by Crippen LogP contribution is 2.15. The largest absolute Gasteiger partial charge is 1.00 e. The molecule has 5 heteroatoms. The van der Waals surface area contributed by atoms with Gasteiger partial charge in [0.1, 0.15) is 12.4 Å². The molecular weight excluding hydrogens is 355 g/mol. The van der Waals surface area contributed by atoms with Gasteiger partial charge >= 0.3 is 0 Å². The summed E-state index contributed by atoms with van der Waals surface area (Å²) >= 11 is 5.88. The quantitative estimate of drug-likeness (QED) is 0.683. The first-order chi connectivity index (χ1) is 11.8. The molecule has 0 atom stereocenters. The first-order valence-electron chi connectivity index (χ1n) is 7.85. The smallest absolute Gasteiger partial charge is 0.119 e. The van der Waals surface area contributed by atoms with E-state index in [1.54, 1.807) is 0 Å². The Balaban J connectivity index is 0.00000225. The molecule has 0 aliphatic heterocycles. The van der Waals surface area contributed by atoms with Crippen LogP contribution in [-0.2, 0) is 19.7 Å². The summed E-state index contributed by atoms with van der Waals surface area (Å²) < 4.78 is 5.79. The van der Waals surface area contributed by atoms with Crippen molar-refractivity contribution in [2.24, 2.45) is 0 Å². The lowest BCUT2D eigenvalue weighted by molar-refractivity contribution is -0.00000518. The van der Waals surface area contributed by atoms with Crippen LogP contribution in [0.5, 0.6) is 5.75 Å². The Morgan fingerprint density at radius 2 is 1.32 bits per heavy atom. The average Bonchev–Trinajstić information content (AvgIpc) is 2.63. The number of hydrogen-bond donors (Lipinski definition) is 1. The fourth-order valence-corrected chi connectivity index (χ4v) is 2.43. The van der Waals surface area contributed by atoms with Crippen LogP contribution >= 0.6 is 11.6 Å². The third-order valence-electron chi connectivity index (χ3n) is 3.65. The average molecular weight is 374 g/mol. The zero-order valence-electron chi connectivity index (χ0n) is 13.7. The summed E-state index contributed by atoms with van der Waals surface area (Å²) in [5.41, 5.74) is 3.55. The Kier molecular flexibility index (Phi) is 7.74. The minimum Gasteiger partial charge on any atom is -1.00 e. The fraction of sp³-hybridized carbons (Fsp3) is 0.150. The van der Waals surface area contributed by atoms with Crippen molar-refractivity contribution in [3.63, 3.8) is 0 Å². The lowest BCUT2D eigenvalue weighted by Gasteiger charge is -2.08.